The first-order valence-corrected chi connectivity index (χ1v) is 7.92. The van der Waals surface area contributed by atoms with Gasteiger partial charge in [0.05, 0.1) is 17.7 Å². The van der Waals surface area contributed by atoms with E-state index in [2.05, 4.69) is 15.9 Å². The minimum Gasteiger partial charge on any atom is -0.493 e. The molecule has 1 fully saturated rings. The van der Waals surface area contributed by atoms with E-state index in [1.54, 1.807) is 7.11 Å². The summed E-state index contributed by atoms with van der Waals surface area (Å²) in [5.74, 6) is 1.69. The first-order chi connectivity index (χ1) is 9.65. The number of ether oxygens (including phenoxy) is 2. The Hall–Kier alpha value is -1.03. The zero-order valence-electron chi connectivity index (χ0n) is 12.0. The molecule has 20 heavy (non-hydrogen) atoms. The molecule has 0 aliphatic heterocycles. The Bertz CT molecular complexity index is 467. The van der Waals surface area contributed by atoms with Crippen LogP contribution in [0.4, 0.5) is 0 Å². The lowest BCUT2D eigenvalue weighted by molar-refractivity contribution is -0.108. The van der Waals surface area contributed by atoms with Crippen molar-refractivity contribution in [3.8, 4) is 11.5 Å². The summed E-state index contributed by atoms with van der Waals surface area (Å²) in [4.78, 5) is 10.7. The standard InChI is InChI=1S/C16H21BrO3/c1-11(7-8-18)12-9-14(17)16(15(10-12)19-2)20-13-5-3-4-6-13/h8-11,13H,3-7H2,1-2H3. The van der Waals surface area contributed by atoms with E-state index in [-0.39, 0.29) is 5.92 Å². The highest BCUT2D eigenvalue weighted by atomic mass is 79.9. The maximum Gasteiger partial charge on any atom is 0.175 e. The summed E-state index contributed by atoms with van der Waals surface area (Å²) in [7, 11) is 1.65. The van der Waals surface area contributed by atoms with Gasteiger partial charge in [0.15, 0.2) is 11.5 Å². The molecule has 0 heterocycles. The maximum atomic E-state index is 10.7. The number of hydrogen-bond donors (Lipinski definition) is 0. The Kier molecular flexibility index (Phi) is 5.46. The predicted octanol–water partition coefficient (Wildman–Crippen LogP) is 4.47. The number of halogens is 1. The van der Waals surface area contributed by atoms with Crippen molar-refractivity contribution < 1.29 is 14.3 Å². The van der Waals surface area contributed by atoms with Gasteiger partial charge < -0.3 is 14.3 Å². The van der Waals surface area contributed by atoms with Crippen LogP contribution < -0.4 is 9.47 Å². The van der Waals surface area contributed by atoms with Gasteiger partial charge in [-0.1, -0.05) is 6.92 Å². The van der Waals surface area contributed by atoms with Crippen molar-refractivity contribution in [2.45, 2.75) is 51.0 Å². The summed E-state index contributed by atoms with van der Waals surface area (Å²) in [5, 5.41) is 0. The smallest absolute Gasteiger partial charge is 0.175 e. The third-order valence-corrected chi connectivity index (χ3v) is 4.45. The first-order valence-electron chi connectivity index (χ1n) is 7.13. The molecule has 1 aliphatic carbocycles. The number of carbonyl (C=O) groups excluding carboxylic acids is 1. The molecule has 110 valence electrons. The summed E-state index contributed by atoms with van der Waals surface area (Å²) in [6.45, 7) is 2.03. The van der Waals surface area contributed by atoms with Crippen LogP contribution in [0.5, 0.6) is 11.5 Å². The minimum absolute atomic E-state index is 0.179. The van der Waals surface area contributed by atoms with E-state index < -0.39 is 0 Å². The number of carbonyl (C=O) groups is 1. The van der Waals surface area contributed by atoms with Crippen LogP contribution in [0.2, 0.25) is 0 Å². The number of hydrogen-bond acceptors (Lipinski definition) is 3. The van der Waals surface area contributed by atoms with Gasteiger partial charge in [0.2, 0.25) is 0 Å². The van der Waals surface area contributed by atoms with Gasteiger partial charge in [0.1, 0.15) is 6.29 Å². The van der Waals surface area contributed by atoms with Crippen LogP contribution >= 0.6 is 15.9 Å². The summed E-state index contributed by atoms with van der Waals surface area (Å²) in [6.07, 6.45) is 6.45. The number of rotatable bonds is 6. The summed E-state index contributed by atoms with van der Waals surface area (Å²) in [6, 6.07) is 4.00. The molecule has 0 radical (unpaired) electrons. The second-order valence-electron chi connectivity index (χ2n) is 5.36. The van der Waals surface area contributed by atoms with Gasteiger partial charge in [-0.2, -0.15) is 0 Å². The van der Waals surface area contributed by atoms with Crippen molar-refractivity contribution in [3.63, 3.8) is 0 Å². The normalized spacial score (nSPS) is 16.9. The molecular weight excluding hydrogens is 320 g/mol. The molecule has 0 N–H and O–H groups in total. The van der Waals surface area contributed by atoms with Crippen molar-refractivity contribution in [2.24, 2.45) is 0 Å². The van der Waals surface area contributed by atoms with Crippen molar-refractivity contribution in [1.29, 1.82) is 0 Å². The first kappa shape index (κ1) is 15.4. The van der Waals surface area contributed by atoms with E-state index in [9.17, 15) is 4.79 Å². The van der Waals surface area contributed by atoms with Crippen molar-refractivity contribution >= 4 is 22.2 Å². The molecule has 1 unspecified atom stereocenters. The van der Waals surface area contributed by atoms with Gasteiger partial charge >= 0.3 is 0 Å². The fourth-order valence-corrected chi connectivity index (χ4v) is 3.15. The maximum absolute atomic E-state index is 10.7. The largest absolute Gasteiger partial charge is 0.493 e. The van der Waals surface area contributed by atoms with E-state index in [0.717, 1.165) is 40.7 Å². The Morgan fingerprint density at radius 3 is 2.70 bits per heavy atom. The molecule has 1 aliphatic rings. The molecule has 4 heteroatoms. The van der Waals surface area contributed by atoms with Gasteiger partial charge in [-0.05, 0) is 65.2 Å². The highest BCUT2D eigenvalue weighted by Crippen LogP contribution is 2.40. The fourth-order valence-electron chi connectivity index (χ4n) is 2.59. The molecule has 0 bridgehead atoms. The lowest BCUT2D eigenvalue weighted by atomic mass is 9.98. The van der Waals surface area contributed by atoms with E-state index in [4.69, 9.17) is 9.47 Å². The Morgan fingerprint density at radius 2 is 2.10 bits per heavy atom. The van der Waals surface area contributed by atoms with Gasteiger partial charge in [-0.15, -0.1) is 0 Å². The second kappa shape index (κ2) is 7.11. The third-order valence-electron chi connectivity index (χ3n) is 3.86. The summed E-state index contributed by atoms with van der Waals surface area (Å²) in [5.41, 5.74) is 1.08. The summed E-state index contributed by atoms with van der Waals surface area (Å²) >= 11 is 3.57. The van der Waals surface area contributed by atoms with Gasteiger partial charge in [0, 0.05) is 6.42 Å². The molecule has 0 saturated heterocycles. The average molecular weight is 341 g/mol. The number of methoxy groups -OCH3 is 1. The number of benzene rings is 1. The molecule has 1 saturated carbocycles. The molecule has 1 aromatic carbocycles. The zero-order valence-corrected chi connectivity index (χ0v) is 13.6. The molecule has 1 atom stereocenters. The average Bonchev–Trinajstić information content (AvgIpc) is 2.94. The quantitative estimate of drug-likeness (QED) is 0.716. The Morgan fingerprint density at radius 1 is 1.40 bits per heavy atom. The molecule has 1 aromatic rings. The van der Waals surface area contributed by atoms with E-state index in [0.29, 0.717) is 12.5 Å². The molecule has 2 rings (SSSR count). The van der Waals surface area contributed by atoms with Crippen LogP contribution in [0.15, 0.2) is 16.6 Å². The molecule has 0 amide bonds. The van der Waals surface area contributed by atoms with Crippen LogP contribution in [0.1, 0.15) is 50.5 Å². The number of aldehydes is 1. The third kappa shape index (κ3) is 3.54. The minimum atomic E-state index is 0.179. The van der Waals surface area contributed by atoms with E-state index >= 15 is 0 Å². The lowest BCUT2D eigenvalue weighted by Gasteiger charge is -2.19. The summed E-state index contributed by atoms with van der Waals surface area (Å²) < 4.78 is 12.4. The van der Waals surface area contributed by atoms with Crippen LogP contribution in [-0.2, 0) is 4.79 Å². The predicted molar refractivity (Wildman–Crippen MR) is 82.7 cm³/mol. The second-order valence-corrected chi connectivity index (χ2v) is 6.22. The topological polar surface area (TPSA) is 35.5 Å². The SMILES string of the molecule is COc1cc(C(C)CC=O)cc(Br)c1OC1CCCC1. The Labute approximate surface area is 128 Å². The highest BCUT2D eigenvalue weighted by molar-refractivity contribution is 9.10. The van der Waals surface area contributed by atoms with Gasteiger partial charge in [-0.3, -0.25) is 0 Å². The van der Waals surface area contributed by atoms with Crippen LogP contribution in [0.3, 0.4) is 0 Å². The van der Waals surface area contributed by atoms with Crippen molar-refractivity contribution in [3.05, 3.63) is 22.2 Å². The molecule has 3 nitrogen and oxygen atoms in total. The van der Waals surface area contributed by atoms with E-state index in [1.165, 1.54) is 12.8 Å². The van der Waals surface area contributed by atoms with Crippen molar-refractivity contribution in [1.82, 2.24) is 0 Å². The highest BCUT2D eigenvalue weighted by Gasteiger charge is 2.21. The van der Waals surface area contributed by atoms with Crippen molar-refractivity contribution in [2.75, 3.05) is 7.11 Å². The van der Waals surface area contributed by atoms with Gasteiger partial charge in [-0.25, -0.2) is 0 Å². The van der Waals surface area contributed by atoms with Crippen LogP contribution in [0, 0.1) is 0 Å². The molecule has 0 aromatic heterocycles. The molecular formula is C16H21BrO3. The van der Waals surface area contributed by atoms with E-state index in [1.807, 2.05) is 19.1 Å². The fraction of sp³-hybridized carbons (Fsp3) is 0.562. The Balaban J connectivity index is 2.25. The van der Waals surface area contributed by atoms with Crippen LogP contribution in [0.25, 0.3) is 0 Å². The van der Waals surface area contributed by atoms with Gasteiger partial charge in [0.25, 0.3) is 0 Å². The molecule has 0 spiro atoms. The van der Waals surface area contributed by atoms with Crippen LogP contribution in [-0.4, -0.2) is 19.5 Å². The monoisotopic (exact) mass is 340 g/mol. The zero-order chi connectivity index (χ0) is 14.5. The lowest BCUT2D eigenvalue weighted by Crippen LogP contribution is -2.12.